The van der Waals surface area contributed by atoms with E-state index >= 15 is 0 Å². The molecule has 5 atom stereocenters. The third kappa shape index (κ3) is 2.79. The summed E-state index contributed by atoms with van der Waals surface area (Å²) in [4.78, 5) is 24.8. The zero-order chi connectivity index (χ0) is 18.7. The van der Waals surface area contributed by atoms with E-state index in [0.717, 1.165) is 45.1 Å². The zero-order valence-electron chi connectivity index (χ0n) is 16.9. The van der Waals surface area contributed by atoms with Crippen LogP contribution in [0.25, 0.3) is 0 Å². The van der Waals surface area contributed by atoms with E-state index in [0.29, 0.717) is 42.2 Å². The highest BCUT2D eigenvalue weighted by Gasteiger charge is 2.60. The highest BCUT2D eigenvalue weighted by atomic mass is 28.4. The maximum Gasteiger partial charge on any atom is 0.183 e. The van der Waals surface area contributed by atoms with Crippen LogP contribution in [0, 0.1) is 28.6 Å². The summed E-state index contributed by atoms with van der Waals surface area (Å²) in [6, 6.07) is 0. The van der Waals surface area contributed by atoms with E-state index in [-0.39, 0.29) is 10.8 Å². The van der Waals surface area contributed by atoms with E-state index in [1.165, 1.54) is 5.57 Å². The van der Waals surface area contributed by atoms with E-state index in [9.17, 15) is 9.59 Å². The lowest BCUT2D eigenvalue weighted by Crippen LogP contribution is -2.53. The van der Waals surface area contributed by atoms with Crippen LogP contribution >= 0.6 is 0 Å². The molecule has 0 aromatic rings. The molecule has 0 aromatic carbocycles. The highest BCUT2D eigenvalue weighted by Crippen LogP contribution is 2.64. The van der Waals surface area contributed by atoms with Crippen LogP contribution in [0.2, 0.25) is 19.6 Å². The van der Waals surface area contributed by atoms with Gasteiger partial charge in [-0.2, -0.15) is 0 Å². The minimum Gasteiger partial charge on any atom is -0.417 e. The van der Waals surface area contributed by atoms with Crippen molar-refractivity contribution < 1.29 is 14.0 Å². The predicted molar refractivity (Wildman–Crippen MR) is 105 cm³/mol. The average Bonchev–Trinajstić information content (AvgIpc) is 2.88. The monoisotopic (exact) mass is 374 g/mol. The Morgan fingerprint density at radius 1 is 1.12 bits per heavy atom. The van der Waals surface area contributed by atoms with Crippen molar-refractivity contribution in [1.82, 2.24) is 0 Å². The smallest absolute Gasteiger partial charge is 0.183 e. The van der Waals surface area contributed by atoms with Gasteiger partial charge in [-0.15, -0.1) is 0 Å². The summed E-state index contributed by atoms with van der Waals surface area (Å²) in [6.07, 6.45) is 9.77. The van der Waals surface area contributed by atoms with Crippen molar-refractivity contribution in [1.29, 1.82) is 0 Å². The molecule has 4 aliphatic rings. The number of allylic oxidation sites excluding steroid dienone is 1. The first-order valence-corrected chi connectivity index (χ1v) is 13.9. The molecule has 4 rings (SSSR count). The second-order valence-electron chi connectivity index (χ2n) is 10.5. The Labute approximate surface area is 159 Å². The Bertz CT molecular complexity index is 661. The molecule has 0 N–H and O–H groups in total. The summed E-state index contributed by atoms with van der Waals surface area (Å²) < 4.78 is 6.49. The van der Waals surface area contributed by atoms with Crippen LogP contribution in [-0.2, 0) is 14.0 Å². The Morgan fingerprint density at radius 2 is 1.88 bits per heavy atom. The molecule has 0 spiro atoms. The minimum absolute atomic E-state index is 0.0596. The van der Waals surface area contributed by atoms with Crippen molar-refractivity contribution >= 4 is 19.9 Å². The van der Waals surface area contributed by atoms with Crippen LogP contribution in [0.15, 0.2) is 11.6 Å². The summed E-state index contributed by atoms with van der Waals surface area (Å²) in [7, 11) is -1.61. The first-order valence-electron chi connectivity index (χ1n) is 10.5. The van der Waals surface area contributed by atoms with Gasteiger partial charge in [-0.25, -0.2) is 0 Å². The molecule has 4 aliphatic carbocycles. The van der Waals surface area contributed by atoms with Crippen molar-refractivity contribution in [2.75, 3.05) is 6.61 Å². The van der Waals surface area contributed by atoms with E-state index in [2.05, 4.69) is 32.6 Å². The maximum atomic E-state index is 12.6. The van der Waals surface area contributed by atoms with Gasteiger partial charge in [0.05, 0.1) is 0 Å². The number of ketones is 2. The van der Waals surface area contributed by atoms with Crippen molar-refractivity contribution in [3.05, 3.63) is 11.6 Å². The largest absolute Gasteiger partial charge is 0.417 e. The first kappa shape index (κ1) is 18.6. The van der Waals surface area contributed by atoms with Crippen LogP contribution in [-0.4, -0.2) is 26.5 Å². The maximum absolute atomic E-state index is 12.6. The minimum atomic E-state index is -1.61. The first-order chi connectivity index (χ1) is 12.2. The summed E-state index contributed by atoms with van der Waals surface area (Å²) in [5.74, 6) is 2.63. The quantitative estimate of drug-likeness (QED) is 0.520. The Morgan fingerprint density at radius 3 is 2.62 bits per heavy atom. The Hall–Kier alpha value is -0.743. The normalized spacial score (nSPS) is 42.8. The third-order valence-electron chi connectivity index (χ3n) is 8.13. The van der Waals surface area contributed by atoms with Gasteiger partial charge in [0.2, 0.25) is 0 Å². The van der Waals surface area contributed by atoms with Crippen LogP contribution in [0.4, 0.5) is 0 Å². The number of carbonyl (C=O) groups is 2. The van der Waals surface area contributed by atoms with Gasteiger partial charge in [0.25, 0.3) is 0 Å². The van der Waals surface area contributed by atoms with Crippen molar-refractivity contribution in [3.8, 4) is 0 Å². The topological polar surface area (TPSA) is 43.4 Å². The number of fused-ring (bicyclic) bond motifs is 5. The Kier molecular flexibility index (Phi) is 4.39. The Balaban J connectivity index is 1.69. The molecule has 26 heavy (non-hydrogen) atoms. The van der Waals surface area contributed by atoms with Crippen molar-refractivity contribution in [2.24, 2.45) is 28.6 Å². The van der Waals surface area contributed by atoms with Gasteiger partial charge in [0.15, 0.2) is 8.32 Å². The van der Waals surface area contributed by atoms with Gasteiger partial charge < -0.3 is 4.43 Å². The number of carbonyl (C=O) groups excluding carboxylic acids is 2. The second kappa shape index (κ2) is 6.13. The highest BCUT2D eigenvalue weighted by molar-refractivity contribution is 6.69. The fourth-order valence-corrected chi connectivity index (χ4v) is 7.36. The summed E-state index contributed by atoms with van der Waals surface area (Å²) >= 11 is 0. The molecular formula is C22H34O3Si. The standard InChI is InChI=1S/C22H34O3Si/c1-21-11-10-19-17(18(21)7-8-20(21)24)6-5-15-13-16(23)9-12-22(15,19)14-25-26(2,3)4/h5,17-19H,6-14H2,1-4H3/t17-,18-,19+,21-,22+/m0/s1. The molecule has 144 valence electrons. The molecule has 0 amide bonds. The third-order valence-corrected chi connectivity index (χ3v) is 9.14. The van der Waals surface area contributed by atoms with E-state index in [1.807, 2.05) is 0 Å². The molecule has 3 nitrogen and oxygen atoms in total. The predicted octanol–water partition coefficient (Wildman–Crippen LogP) is 4.92. The van der Waals surface area contributed by atoms with Crippen LogP contribution in [0.3, 0.4) is 0 Å². The molecule has 0 bridgehead atoms. The average molecular weight is 375 g/mol. The summed E-state index contributed by atoms with van der Waals surface area (Å²) in [6.45, 7) is 9.80. The van der Waals surface area contributed by atoms with Crippen LogP contribution < -0.4 is 0 Å². The molecule has 0 saturated heterocycles. The van der Waals surface area contributed by atoms with Gasteiger partial charge in [0, 0.05) is 36.7 Å². The molecule has 3 saturated carbocycles. The van der Waals surface area contributed by atoms with E-state index < -0.39 is 8.32 Å². The molecular weight excluding hydrogens is 340 g/mol. The van der Waals surface area contributed by atoms with E-state index in [4.69, 9.17) is 4.43 Å². The van der Waals surface area contributed by atoms with Crippen LogP contribution in [0.1, 0.15) is 58.3 Å². The molecule has 0 aromatic heterocycles. The van der Waals surface area contributed by atoms with E-state index in [1.54, 1.807) is 0 Å². The molecule has 3 fully saturated rings. The lowest BCUT2D eigenvalue weighted by atomic mass is 9.48. The molecule has 0 unspecified atom stereocenters. The molecule has 0 heterocycles. The molecule has 0 aliphatic heterocycles. The molecule has 0 radical (unpaired) electrons. The number of Topliss-reactive ketones (excluding diaryl/α,β-unsaturated/α-hetero) is 2. The summed E-state index contributed by atoms with van der Waals surface area (Å²) in [5.41, 5.74) is 1.35. The fraction of sp³-hybridized carbons (Fsp3) is 0.818. The SMILES string of the molecule is C[C@]12CC[C@@H]3[C@@H](CC=C4CC(=O)CC[C@@]43CO[Si](C)(C)C)[C@@H]1CCC2=O. The van der Waals surface area contributed by atoms with Gasteiger partial charge in [-0.3, -0.25) is 9.59 Å². The fourth-order valence-electron chi connectivity index (χ4n) is 6.67. The lowest BCUT2D eigenvalue weighted by molar-refractivity contribution is -0.133. The van der Waals surface area contributed by atoms with Crippen LogP contribution in [0.5, 0.6) is 0 Å². The second-order valence-corrected chi connectivity index (χ2v) is 15.0. The summed E-state index contributed by atoms with van der Waals surface area (Å²) in [5, 5.41) is 0. The lowest BCUT2D eigenvalue weighted by Gasteiger charge is -2.57. The van der Waals surface area contributed by atoms with Gasteiger partial charge >= 0.3 is 0 Å². The number of hydrogen-bond donors (Lipinski definition) is 0. The zero-order valence-corrected chi connectivity index (χ0v) is 17.9. The molecule has 4 heteroatoms. The van der Waals surface area contributed by atoms with Gasteiger partial charge in [-0.05, 0) is 69.5 Å². The number of rotatable bonds is 3. The van der Waals surface area contributed by atoms with Gasteiger partial charge in [0.1, 0.15) is 11.6 Å². The van der Waals surface area contributed by atoms with Crippen molar-refractivity contribution in [3.63, 3.8) is 0 Å². The number of hydrogen-bond acceptors (Lipinski definition) is 3. The van der Waals surface area contributed by atoms with Gasteiger partial charge in [-0.1, -0.05) is 18.6 Å². The van der Waals surface area contributed by atoms with Crippen molar-refractivity contribution in [2.45, 2.75) is 77.9 Å².